The summed E-state index contributed by atoms with van der Waals surface area (Å²) < 4.78 is 21.9. The first-order valence-electron chi connectivity index (χ1n) is 4.53. The molecule has 14 heavy (non-hydrogen) atoms. The molecule has 0 spiro atoms. The molecule has 0 aromatic heterocycles. The smallest absolute Gasteiger partial charge is 0.309 e. The number of hydrogen-bond acceptors (Lipinski definition) is 4. The second kappa shape index (κ2) is 6.78. The first kappa shape index (κ1) is 13.4. The Morgan fingerprint density at radius 1 is 1.43 bits per heavy atom. The van der Waals surface area contributed by atoms with Crippen LogP contribution in [0.25, 0.3) is 0 Å². The fraction of sp³-hybridized carbons (Fsp3) is 0.667. The van der Waals surface area contributed by atoms with Gasteiger partial charge in [0.25, 0.3) is 0 Å². The number of rotatable bonds is 6. The lowest BCUT2D eigenvalue weighted by Gasteiger charge is -2.14. The van der Waals surface area contributed by atoms with E-state index in [0.29, 0.717) is 18.8 Å². The molecular formula is C9H16NO3P. The third-order valence-corrected chi connectivity index (χ3v) is 3.38. The van der Waals surface area contributed by atoms with Crippen LogP contribution >= 0.6 is 7.60 Å². The molecule has 0 heterocycles. The van der Waals surface area contributed by atoms with Crippen molar-refractivity contribution in [3.63, 3.8) is 0 Å². The second-order valence-corrected chi connectivity index (χ2v) is 4.73. The monoisotopic (exact) mass is 217 g/mol. The lowest BCUT2D eigenvalue weighted by molar-refractivity contribution is 0.222. The van der Waals surface area contributed by atoms with Gasteiger partial charge in [-0.05, 0) is 20.8 Å². The van der Waals surface area contributed by atoms with E-state index in [2.05, 4.69) is 0 Å². The summed E-state index contributed by atoms with van der Waals surface area (Å²) in [5, 5.41) is 8.50. The molecule has 0 aliphatic rings. The molecule has 0 N–H and O–H groups in total. The predicted octanol–water partition coefficient (Wildman–Crippen LogP) is 2.72. The van der Waals surface area contributed by atoms with Crippen LogP contribution in [0.5, 0.6) is 0 Å². The molecule has 0 atom stereocenters. The van der Waals surface area contributed by atoms with Crippen molar-refractivity contribution in [1.82, 2.24) is 0 Å². The average Bonchev–Trinajstić information content (AvgIpc) is 2.15. The lowest BCUT2D eigenvalue weighted by Crippen LogP contribution is -1.98. The molecule has 0 rings (SSSR count). The Morgan fingerprint density at radius 3 is 2.29 bits per heavy atom. The van der Waals surface area contributed by atoms with Gasteiger partial charge in [0, 0.05) is 5.57 Å². The van der Waals surface area contributed by atoms with Gasteiger partial charge in [-0.25, -0.2) is 0 Å². The van der Waals surface area contributed by atoms with Crippen LogP contribution in [-0.2, 0) is 13.6 Å². The quantitative estimate of drug-likeness (QED) is 0.507. The van der Waals surface area contributed by atoms with Crippen LogP contribution < -0.4 is 0 Å². The molecule has 0 saturated carbocycles. The summed E-state index contributed by atoms with van der Waals surface area (Å²) in [6.45, 7) is 5.86. The van der Waals surface area contributed by atoms with Gasteiger partial charge < -0.3 is 9.05 Å². The molecule has 4 nitrogen and oxygen atoms in total. The molecule has 0 amide bonds. The molecule has 0 bridgehead atoms. The van der Waals surface area contributed by atoms with Crippen molar-refractivity contribution in [2.45, 2.75) is 20.8 Å². The van der Waals surface area contributed by atoms with Crippen molar-refractivity contribution < 1.29 is 13.6 Å². The van der Waals surface area contributed by atoms with Gasteiger partial charge in [0.1, 0.15) is 0 Å². The van der Waals surface area contributed by atoms with Crippen molar-refractivity contribution in [3.05, 3.63) is 11.6 Å². The zero-order chi connectivity index (χ0) is 11.0. The molecule has 0 aromatic carbocycles. The minimum atomic E-state index is -3.01. The molecule has 0 saturated heterocycles. The third-order valence-electron chi connectivity index (χ3n) is 1.45. The summed E-state index contributed by atoms with van der Waals surface area (Å²) in [4.78, 5) is 0. The molecule has 80 valence electrons. The van der Waals surface area contributed by atoms with E-state index in [1.165, 1.54) is 0 Å². The van der Waals surface area contributed by atoms with E-state index in [4.69, 9.17) is 14.3 Å². The van der Waals surface area contributed by atoms with Crippen LogP contribution in [0.4, 0.5) is 0 Å². The Morgan fingerprint density at radius 2 is 1.93 bits per heavy atom. The van der Waals surface area contributed by atoms with Crippen LogP contribution in [0.2, 0.25) is 0 Å². The molecule has 5 heteroatoms. The Kier molecular flexibility index (Phi) is 6.48. The topological polar surface area (TPSA) is 59.3 Å². The first-order chi connectivity index (χ1) is 6.58. The van der Waals surface area contributed by atoms with Gasteiger partial charge >= 0.3 is 7.60 Å². The highest BCUT2D eigenvalue weighted by Crippen LogP contribution is 2.48. The van der Waals surface area contributed by atoms with Gasteiger partial charge in [-0.2, -0.15) is 5.26 Å². The standard InChI is InChI=1S/C9H16NO3P/c1-4-12-14(11,13-5-2)7-6-9(3)8-10/h6H,4-5,7H2,1-3H3. The van der Waals surface area contributed by atoms with Crippen molar-refractivity contribution in [2.24, 2.45) is 0 Å². The van der Waals surface area contributed by atoms with Crippen LogP contribution in [-0.4, -0.2) is 19.4 Å². The maximum atomic E-state index is 11.8. The third kappa shape index (κ3) is 5.18. The summed E-state index contributed by atoms with van der Waals surface area (Å²) in [5.74, 6) is 0. The maximum absolute atomic E-state index is 11.8. The largest absolute Gasteiger partial charge is 0.334 e. The summed E-state index contributed by atoms with van der Waals surface area (Å²) in [7, 11) is -3.01. The second-order valence-electron chi connectivity index (χ2n) is 2.63. The van der Waals surface area contributed by atoms with Gasteiger partial charge in [0.2, 0.25) is 0 Å². The normalized spacial score (nSPS) is 12.6. The van der Waals surface area contributed by atoms with Crippen LogP contribution in [0.15, 0.2) is 11.6 Å². The van der Waals surface area contributed by atoms with E-state index >= 15 is 0 Å². The zero-order valence-corrected chi connectivity index (χ0v) is 9.71. The highest BCUT2D eigenvalue weighted by molar-refractivity contribution is 7.54. The van der Waals surface area contributed by atoms with Crippen molar-refractivity contribution in [3.8, 4) is 6.07 Å². The van der Waals surface area contributed by atoms with Crippen molar-refractivity contribution in [1.29, 1.82) is 5.26 Å². The highest BCUT2D eigenvalue weighted by atomic mass is 31.2. The number of allylic oxidation sites excluding steroid dienone is 2. The molecule has 0 fully saturated rings. The fourth-order valence-electron chi connectivity index (χ4n) is 0.830. The Bertz CT molecular complexity index is 270. The molecule has 0 aliphatic heterocycles. The first-order valence-corrected chi connectivity index (χ1v) is 6.25. The number of hydrogen-bond donors (Lipinski definition) is 0. The highest BCUT2D eigenvalue weighted by Gasteiger charge is 2.21. The van der Waals surface area contributed by atoms with E-state index in [1.807, 2.05) is 6.07 Å². The van der Waals surface area contributed by atoms with Crippen LogP contribution in [0.3, 0.4) is 0 Å². The summed E-state index contributed by atoms with van der Waals surface area (Å²) >= 11 is 0. The van der Waals surface area contributed by atoms with Crippen LogP contribution in [0.1, 0.15) is 20.8 Å². The van der Waals surface area contributed by atoms with Gasteiger partial charge in [0.05, 0.1) is 25.4 Å². The Hall–Kier alpha value is -0.620. The summed E-state index contributed by atoms with van der Waals surface area (Å²) in [6, 6.07) is 1.95. The lowest BCUT2D eigenvalue weighted by atomic mass is 10.3. The maximum Gasteiger partial charge on any atom is 0.334 e. The molecular weight excluding hydrogens is 201 g/mol. The predicted molar refractivity (Wildman–Crippen MR) is 55.1 cm³/mol. The zero-order valence-electron chi connectivity index (χ0n) is 8.82. The van der Waals surface area contributed by atoms with Gasteiger partial charge in [-0.15, -0.1) is 0 Å². The molecule has 0 radical (unpaired) electrons. The summed E-state index contributed by atoms with van der Waals surface area (Å²) in [6.07, 6.45) is 1.74. The minimum absolute atomic E-state index is 0.161. The minimum Gasteiger partial charge on any atom is -0.309 e. The van der Waals surface area contributed by atoms with Crippen molar-refractivity contribution in [2.75, 3.05) is 19.4 Å². The van der Waals surface area contributed by atoms with E-state index in [-0.39, 0.29) is 6.16 Å². The molecule has 0 aliphatic carbocycles. The Labute approximate surface area is 85.1 Å². The van der Waals surface area contributed by atoms with E-state index in [1.54, 1.807) is 26.8 Å². The van der Waals surface area contributed by atoms with Crippen molar-refractivity contribution >= 4 is 7.60 Å². The SMILES string of the molecule is CCOP(=O)(CC=C(C)C#N)OCC. The molecule has 0 aromatic rings. The fourth-order valence-corrected chi connectivity index (χ4v) is 2.40. The van der Waals surface area contributed by atoms with Gasteiger partial charge in [-0.3, -0.25) is 4.57 Å². The van der Waals surface area contributed by atoms with E-state index in [0.717, 1.165) is 0 Å². The number of nitriles is 1. The number of nitrogens with zero attached hydrogens (tertiary/aromatic N) is 1. The summed E-state index contributed by atoms with van der Waals surface area (Å²) in [5.41, 5.74) is 0.518. The van der Waals surface area contributed by atoms with Crippen LogP contribution in [0, 0.1) is 11.3 Å². The van der Waals surface area contributed by atoms with Gasteiger partial charge in [0.15, 0.2) is 0 Å². The Balaban J connectivity index is 4.39. The van der Waals surface area contributed by atoms with E-state index in [9.17, 15) is 4.57 Å². The van der Waals surface area contributed by atoms with Gasteiger partial charge in [-0.1, -0.05) is 6.08 Å². The van der Waals surface area contributed by atoms with E-state index < -0.39 is 7.60 Å². The average molecular weight is 217 g/mol. The molecule has 0 unspecified atom stereocenters.